The SMILES string of the molecule is COCCCn1c(C)c(C)c(C#N)c1NC(=O)CSc1nncn1C(C)(C)C. The minimum atomic E-state index is -0.185. The molecule has 0 unspecified atom stereocenters. The van der Waals surface area contributed by atoms with Gasteiger partial charge in [-0.3, -0.25) is 4.79 Å². The van der Waals surface area contributed by atoms with Gasteiger partial charge in [0, 0.05) is 31.5 Å². The van der Waals surface area contributed by atoms with Gasteiger partial charge >= 0.3 is 0 Å². The molecule has 0 aliphatic heterocycles. The molecule has 0 aromatic carbocycles. The molecule has 0 radical (unpaired) electrons. The van der Waals surface area contributed by atoms with Crippen LogP contribution in [0.25, 0.3) is 0 Å². The molecule has 2 heterocycles. The fraction of sp³-hybridized carbons (Fsp3) is 0.579. The second kappa shape index (κ2) is 9.26. The Bertz CT molecular complexity index is 872. The first-order chi connectivity index (χ1) is 13.2. The molecule has 152 valence electrons. The smallest absolute Gasteiger partial charge is 0.235 e. The Kier molecular flexibility index (Phi) is 7.27. The Labute approximate surface area is 170 Å². The third kappa shape index (κ3) is 4.94. The van der Waals surface area contributed by atoms with Gasteiger partial charge in [-0.1, -0.05) is 11.8 Å². The molecule has 2 rings (SSSR count). The van der Waals surface area contributed by atoms with Crippen LogP contribution in [0.5, 0.6) is 0 Å². The van der Waals surface area contributed by atoms with E-state index < -0.39 is 0 Å². The highest BCUT2D eigenvalue weighted by Crippen LogP contribution is 2.27. The molecule has 9 heteroatoms. The van der Waals surface area contributed by atoms with Crippen molar-refractivity contribution in [1.82, 2.24) is 19.3 Å². The van der Waals surface area contributed by atoms with Gasteiger partial charge in [-0.2, -0.15) is 5.26 Å². The first kappa shape index (κ1) is 22.0. The molecule has 0 fully saturated rings. The van der Waals surface area contributed by atoms with E-state index in [2.05, 4.69) is 42.4 Å². The van der Waals surface area contributed by atoms with Crippen molar-refractivity contribution in [3.63, 3.8) is 0 Å². The Morgan fingerprint density at radius 3 is 2.71 bits per heavy atom. The summed E-state index contributed by atoms with van der Waals surface area (Å²) in [6, 6.07) is 2.22. The van der Waals surface area contributed by atoms with Crippen molar-refractivity contribution >= 4 is 23.5 Å². The number of carbonyl (C=O) groups excluding carboxylic acids is 1. The highest BCUT2D eigenvalue weighted by atomic mass is 32.2. The number of thioether (sulfide) groups is 1. The van der Waals surface area contributed by atoms with Crippen LogP contribution in [0.4, 0.5) is 5.82 Å². The molecule has 0 spiro atoms. The van der Waals surface area contributed by atoms with Crippen LogP contribution in [-0.2, 0) is 21.6 Å². The lowest BCUT2D eigenvalue weighted by molar-refractivity contribution is -0.113. The van der Waals surface area contributed by atoms with Crippen molar-refractivity contribution in [2.24, 2.45) is 0 Å². The minimum Gasteiger partial charge on any atom is -0.385 e. The van der Waals surface area contributed by atoms with E-state index in [1.165, 1.54) is 11.8 Å². The first-order valence-corrected chi connectivity index (χ1v) is 10.1. The van der Waals surface area contributed by atoms with Gasteiger partial charge in [0.2, 0.25) is 5.91 Å². The Hall–Kier alpha value is -2.31. The molecule has 28 heavy (non-hydrogen) atoms. The number of anilines is 1. The van der Waals surface area contributed by atoms with Gasteiger partial charge in [0.25, 0.3) is 0 Å². The maximum atomic E-state index is 12.6. The fourth-order valence-electron chi connectivity index (χ4n) is 2.86. The van der Waals surface area contributed by atoms with E-state index in [4.69, 9.17) is 4.74 Å². The number of rotatable bonds is 8. The van der Waals surface area contributed by atoms with Crippen molar-refractivity contribution in [3.8, 4) is 6.07 Å². The maximum absolute atomic E-state index is 12.6. The molecule has 8 nitrogen and oxygen atoms in total. The number of hydrogen-bond donors (Lipinski definition) is 1. The van der Waals surface area contributed by atoms with Gasteiger partial charge in [-0.25, -0.2) is 0 Å². The lowest BCUT2D eigenvalue weighted by Gasteiger charge is -2.21. The summed E-state index contributed by atoms with van der Waals surface area (Å²) in [6.45, 7) is 11.3. The van der Waals surface area contributed by atoms with Crippen LogP contribution in [0.3, 0.4) is 0 Å². The zero-order valence-electron chi connectivity index (χ0n) is 17.4. The van der Waals surface area contributed by atoms with E-state index in [-0.39, 0.29) is 17.2 Å². The van der Waals surface area contributed by atoms with Crippen LogP contribution < -0.4 is 5.32 Å². The largest absolute Gasteiger partial charge is 0.385 e. The summed E-state index contributed by atoms with van der Waals surface area (Å²) in [5.41, 5.74) is 2.20. The van der Waals surface area contributed by atoms with Crippen LogP contribution in [0.1, 0.15) is 44.0 Å². The molecule has 0 atom stereocenters. The standard InChI is InChI=1S/C19H28N6O2S/c1-13-14(2)24(8-7-9-27-6)17(15(13)10-20)22-16(26)11-28-18-23-21-12-25(18)19(3,4)5/h12H,7-9,11H2,1-6H3,(H,22,26). The molecule has 0 aliphatic carbocycles. The van der Waals surface area contributed by atoms with Crippen molar-refractivity contribution < 1.29 is 9.53 Å². The molecular formula is C19H28N6O2S. The number of ether oxygens (including phenoxy) is 1. The van der Waals surface area contributed by atoms with E-state index in [0.29, 0.717) is 29.7 Å². The van der Waals surface area contributed by atoms with E-state index in [1.807, 2.05) is 23.0 Å². The predicted molar refractivity (Wildman–Crippen MR) is 109 cm³/mol. The van der Waals surface area contributed by atoms with Gasteiger partial charge in [0.1, 0.15) is 18.2 Å². The van der Waals surface area contributed by atoms with Gasteiger partial charge in [0.05, 0.1) is 11.3 Å². The highest BCUT2D eigenvalue weighted by molar-refractivity contribution is 7.99. The van der Waals surface area contributed by atoms with Gasteiger partial charge < -0.3 is 19.2 Å². The van der Waals surface area contributed by atoms with Crippen LogP contribution in [-0.4, -0.2) is 44.7 Å². The predicted octanol–water partition coefficient (Wildman–Crippen LogP) is 3.09. The van der Waals surface area contributed by atoms with Crippen LogP contribution in [0, 0.1) is 25.2 Å². The number of aromatic nitrogens is 4. The first-order valence-electron chi connectivity index (χ1n) is 9.12. The van der Waals surface area contributed by atoms with E-state index >= 15 is 0 Å². The highest BCUT2D eigenvalue weighted by Gasteiger charge is 2.21. The molecule has 0 bridgehead atoms. The second-order valence-corrected chi connectivity index (χ2v) is 8.48. The number of nitriles is 1. The monoisotopic (exact) mass is 404 g/mol. The summed E-state index contributed by atoms with van der Waals surface area (Å²) in [5.74, 6) is 0.549. The molecule has 0 saturated heterocycles. The topological polar surface area (TPSA) is 97.8 Å². The zero-order valence-corrected chi connectivity index (χ0v) is 18.2. The number of nitrogens with zero attached hydrogens (tertiary/aromatic N) is 5. The molecule has 1 amide bonds. The molecular weight excluding hydrogens is 376 g/mol. The minimum absolute atomic E-state index is 0.166. The van der Waals surface area contributed by atoms with Gasteiger partial charge in [0.15, 0.2) is 5.16 Å². The summed E-state index contributed by atoms with van der Waals surface area (Å²) in [6.07, 6.45) is 2.46. The molecule has 0 aliphatic rings. The number of nitrogens with one attached hydrogen (secondary N) is 1. The van der Waals surface area contributed by atoms with Crippen molar-refractivity contribution in [3.05, 3.63) is 23.1 Å². The number of methoxy groups -OCH3 is 1. The number of hydrogen-bond acceptors (Lipinski definition) is 6. The lowest BCUT2D eigenvalue weighted by atomic mass is 10.1. The quantitative estimate of drug-likeness (QED) is 0.536. The summed E-state index contributed by atoms with van der Waals surface area (Å²) in [5, 5.41) is 21.2. The zero-order chi connectivity index (χ0) is 20.9. The normalized spacial score (nSPS) is 11.5. The van der Waals surface area contributed by atoms with Crippen molar-refractivity contribution in [2.75, 3.05) is 24.8 Å². The maximum Gasteiger partial charge on any atom is 0.235 e. The number of carbonyl (C=O) groups is 1. The molecule has 0 saturated carbocycles. The summed E-state index contributed by atoms with van der Waals surface area (Å²) < 4.78 is 9.04. The van der Waals surface area contributed by atoms with E-state index in [0.717, 1.165) is 17.7 Å². The molecule has 2 aromatic rings. The Morgan fingerprint density at radius 1 is 1.39 bits per heavy atom. The Balaban J connectivity index is 2.14. The van der Waals surface area contributed by atoms with Crippen LogP contribution in [0.15, 0.2) is 11.5 Å². The number of amides is 1. The summed E-state index contributed by atoms with van der Waals surface area (Å²) >= 11 is 1.32. The third-order valence-electron chi connectivity index (χ3n) is 4.50. The van der Waals surface area contributed by atoms with Crippen LogP contribution >= 0.6 is 11.8 Å². The van der Waals surface area contributed by atoms with Crippen molar-refractivity contribution in [1.29, 1.82) is 5.26 Å². The van der Waals surface area contributed by atoms with Crippen molar-refractivity contribution in [2.45, 2.75) is 58.3 Å². The second-order valence-electron chi connectivity index (χ2n) is 7.53. The lowest BCUT2D eigenvalue weighted by Crippen LogP contribution is -2.23. The third-order valence-corrected chi connectivity index (χ3v) is 5.44. The average Bonchev–Trinajstić information content (AvgIpc) is 3.19. The summed E-state index contributed by atoms with van der Waals surface area (Å²) in [4.78, 5) is 12.6. The Morgan fingerprint density at radius 2 is 2.11 bits per heavy atom. The van der Waals surface area contributed by atoms with E-state index in [9.17, 15) is 10.1 Å². The van der Waals surface area contributed by atoms with E-state index in [1.54, 1.807) is 13.4 Å². The average molecular weight is 405 g/mol. The van der Waals surface area contributed by atoms with Gasteiger partial charge in [-0.15, -0.1) is 10.2 Å². The van der Waals surface area contributed by atoms with Crippen LogP contribution in [0.2, 0.25) is 0 Å². The molecule has 2 aromatic heterocycles. The summed E-state index contributed by atoms with van der Waals surface area (Å²) in [7, 11) is 1.66. The fourth-order valence-corrected chi connectivity index (χ4v) is 3.76. The van der Waals surface area contributed by atoms with Gasteiger partial charge in [-0.05, 0) is 46.6 Å². The molecule has 1 N–H and O–H groups in total.